The Morgan fingerprint density at radius 2 is 2.15 bits per heavy atom. The predicted octanol–water partition coefficient (Wildman–Crippen LogP) is -0.823. The number of halogens is 3. The molecule has 0 atom stereocenters. The fraction of sp³-hybridized carbons (Fsp3) is 0.500. The third-order valence-electron chi connectivity index (χ3n) is 1.00. The monoisotopic (exact) mass is 195 g/mol. The second kappa shape index (κ2) is 2.99. The van der Waals surface area contributed by atoms with Crippen molar-refractivity contribution < 1.29 is 18.0 Å². The summed E-state index contributed by atoms with van der Waals surface area (Å²) in [5.41, 5.74) is 4.69. The summed E-state index contributed by atoms with van der Waals surface area (Å²) in [6, 6.07) is 0. The number of hydrogen-bond acceptors (Lipinski definition) is 4. The van der Waals surface area contributed by atoms with Crippen molar-refractivity contribution in [2.24, 2.45) is 5.73 Å². The van der Waals surface area contributed by atoms with E-state index in [2.05, 4.69) is 15.4 Å². The molecule has 2 N–H and O–H groups in total. The quantitative estimate of drug-likeness (QED) is 0.667. The van der Waals surface area contributed by atoms with E-state index in [1.165, 1.54) is 0 Å². The van der Waals surface area contributed by atoms with E-state index in [1.807, 2.05) is 0 Å². The molecule has 0 bridgehead atoms. The van der Waals surface area contributed by atoms with Crippen molar-refractivity contribution in [1.82, 2.24) is 20.2 Å². The minimum atomic E-state index is -4.66. The Bertz CT molecular complexity index is 318. The number of alkyl halides is 3. The minimum Gasteiger partial charge on any atom is -0.368 e. The molecule has 0 saturated heterocycles. The van der Waals surface area contributed by atoms with E-state index in [-0.39, 0.29) is 0 Å². The number of amides is 1. The lowest BCUT2D eigenvalue weighted by Gasteiger charge is -1.96. The Hall–Kier alpha value is -1.67. The summed E-state index contributed by atoms with van der Waals surface area (Å²) in [6.45, 7) is -0.525. The van der Waals surface area contributed by atoms with Crippen LogP contribution in [-0.4, -0.2) is 26.1 Å². The van der Waals surface area contributed by atoms with Gasteiger partial charge in [0.15, 0.2) is 0 Å². The van der Waals surface area contributed by atoms with Crippen LogP contribution in [0.4, 0.5) is 13.2 Å². The zero-order chi connectivity index (χ0) is 10.1. The number of nitrogens with zero attached hydrogens (tertiary/aromatic N) is 4. The van der Waals surface area contributed by atoms with Gasteiger partial charge in [0, 0.05) is 0 Å². The first kappa shape index (κ1) is 9.42. The molecule has 1 aromatic rings. The number of hydrogen-bond donors (Lipinski definition) is 1. The second-order valence-corrected chi connectivity index (χ2v) is 2.11. The van der Waals surface area contributed by atoms with Crippen molar-refractivity contribution in [1.29, 1.82) is 0 Å². The minimum absolute atomic E-state index is 0.477. The Kier molecular flexibility index (Phi) is 2.17. The molecule has 9 heteroatoms. The van der Waals surface area contributed by atoms with Gasteiger partial charge < -0.3 is 5.73 Å². The van der Waals surface area contributed by atoms with Gasteiger partial charge in [-0.25, -0.2) is 0 Å². The van der Waals surface area contributed by atoms with E-state index in [0.717, 1.165) is 0 Å². The van der Waals surface area contributed by atoms with Gasteiger partial charge in [-0.05, 0) is 5.21 Å². The Balaban J connectivity index is 2.81. The third kappa shape index (κ3) is 2.39. The average Bonchev–Trinajstić information content (AvgIpc) is 2.32. The van der Waals surface area contributed by atoms with Crippen molar-refractivity contribution >= 4 is 5.91 Å². The van der Waals surface area contributed by atoms with E-state index in [1.54, 1.807) is 0 Å². The molecule has 6 nitrogen and oxygen atoms in total. The molecule has 0 fully saturated rings. The summed E-state index contributed by atoms with van der Waals surface area (Å²) in [5, 5.41) is 8.56. The van der Waals surface area contributed by atoms with Crippen molar-refractivity contribution in [2.75, 3.05) is 0 Å². The molecule has 1 heterocycles. The number of primary amides is 1. The number of carbonyl (C=O) groups is 1. The summed E-state index contributed by atoms with van der Waals surface area (Å²) in [7, 11) is 0. The first-order chi connectivity index (χ1) is 5.89. The third-order valence-corrected chi connectivity index (χ3v) is 1.00. The summed E-state index contributed by atoms with van der Waals surface area (Å²) < 4.78 is 35.5. The van der Waals surface area contributed by atoms with Crippen molar-refractivity contribution in [3.05, 3.63) is 5.82 Å². The van der Waals surface area contributed by atoms with Crippen LogP contribution in [0.25, 0.3) is 0 Å². The maximum atomic E-state index is 11.8. The molecule has 0 radical (unpaired) electrons. The summed E-state index contributed by atoms with van der Waals surface area (Å²) in [6.07, 6.45) is -4.66. The molecule has 0 spiro atoms. The maximum Gasteiger partial charge on any atom is 0.455 e. The topological polar surface area (TPSA) is 86.7 Å². The van der Waals surface area contributed by atoms with Crippen LogP contribution in [0.2, 0.25) is 0 Å². The van der Waals surface area contributed by atoms with Crippen molar-refractivity contribution in [2.45, 2.75) is 12.7 Å². The van der Waals surface area contributed by atoms with E-state index >= 15 is 0 Å². The zero-order valence-corrected chi connectivity index (χ0v) is 6.12. The highest BCUT2D eigenvalue weighted by atomic mass is 19.4. The largest absolute Gasteiger partial charge is 0.455 e. The van der Waals surface area contributed by atoms with Gasteiger partial charge in [0.25, 0.3) is 5.82 Å². The standard InChI is InChI=1S/C4H4F3N5O/c5-4(6,7)3-9-11-12(10-3)1-2(8)13/h1H2,(H2,8,13). The van der Waals surface area contributed by atoms with Crippen molar-refractivity contribution in [3.8, 4) is 0 Å². The number of nitrogens with two attached hydrogens (primary N) is 1. The fourth-order valence-corrected chi connectivity index (χ4v) is 0.563. The molecule has 0 aromatic carbocycles. The lowest BCUT2D eigenvalue weighted by atomic mass is 10.6. The summed E-state index contributed by atoms with van der Waals surface area (Å²) >= 11 is 0. The molecule has 0 unspecified atom stereocenters. The average molecular weight is 195 g/mol. The van der Waals surface area contributed by atoms with Crippen LogP contribution in [-0.2, 0) is 17.5 Å². The lowest BCUT2D eigenvalue weighted by Crippen LogP contribution is -2.20. The van der Waals surface area contributed by atoms with Crippen molar-refractivity contribution in [3.63, 3.8) is 0 Å². The smallest absolute Gasteiger partial charge is 0.368 e. The first-order valence-corrected chi connectivity index (χ1v) is 3.03. The van der Waals surface area contributed by atoms with Gasteiger partial charge in [-0.1, -0.05) is 0 Å². The highest BCUT2D eigenvalue weighted by Crippen LogP contribution is 2.24. The maximum absolute atomic E-state index is 11.8. The molecule has 13 heavy (non-hydrogen) atoms. The van der Waals surface area contributed by atoms with Gasteiger partial charge in [0.1, 0.15) is 6.54 Å². The van der Waals surface area contributed by atoms with Gasteiger partial charge >= 0.3 is 6.18 Å². The number of rotatable bonds is 2. The Labute approximate surface area is 69.5 Å². The van der Waals surface area contributed by atoms with Crippen LogP contribution < -0.4 is 5.73 Å². The Morgan fingerprint density at radius 3 is 2.54 bits per heavy atom. The molecule has 0 saturated carbocycles. The molecule has 72 valence electrons. The predicted molar refractivity (Wildman–Crippen MR) is 32.0 cm³/mol. The molecule has 1 aromatic heterocycles. The molecule has 0 aliphatic carbocycles. The lowest BCUT2D eigenvalue weighted by molar-refractivity contribution is -0.145. The molecule has 1 rings (SSSR count). The van der Waals surface area contributed by atoms with E-state index in [4.69, 9.17) is 5.73 Å². The highest BCUT2D eigenvalue weighted by Gasteiger charge is 2.36. The number of aromatic nitrogens is 4. The highest BCUT2D eigenvalue weighted by molar-refractivity contribution is 5.73. The second-order valence-electron chi connectivity index (χ2n) is 2.11. The van der Waals surface area contributed by atoms with Crippen LogP contribution in [0.15, 0.2) is 0 Å². The summed E-state index contributed by atoms with van der Waals surface area (Å²) in [5.74, 6) is -2.24. The van der Waals surface area contributed by atoms with Crippen LogP contribution in [0, 0.1) is 0 Å². The molecule has 0 aliphatic rings. The SMILES string of the molecule is NC(=O)Cn1nnc(C(F)(F)F)n1. The van der Waals surface area contributed by atoms with Crippen LogP contribution in [0.1, 0.15) is 5.82 Å². The van der Waals surface area contributed by atoms with Crippen LogP contribution in [0.3, 0.4) is 0 Å². The fourth-order valence-electron chi connectivity index (χ4n) is 0.563. The summed E-state index contributed by atoms with van der Waals surface area (Å²) in [4.78, 5) is 10.7. The molecule has 1 amide bonds. The van der Waals surface area contributed by atoms with E-state index < -0.39 is 24.5 Å². The van der Waals surface area contributed by atoms with Gasteiger partial charge in [-0.2, -0.15) is 18.0 Å². The van der Waals surface area contributed by atoms with E-state index in [0.29, 0.717) is 4.80 Å². The normalized spacial score (nSPS) is 11.6. The van der Waals surface area contributed by atoms with E-state index in [9.17, 15) is 18.0 Å². The first-order valence-electron chi connectivity index (χ1n) is 3.03. The van der Waals surface area contributed by atoms with Crippen LogP contribution >= 0.6 is 0 Å². The van der Waals surface area contributed by atoms with Gasteiger partial charge in [0.05, 0.1) is 0 Å². The molecular formula is C4H4F3N5O. The molecular weight excluding hydrogens is 191 g/mol. The van der Waals surface area contributed by atoms with Gasteiger partial charge in [0.2, 0.25) is 5.91 Å². The Morgan fingerprint density at radius 1 is 1.54 bits per heavy atom. The number of carbonyl (C=O) groups excluding carboxylic acids is 1. The number of tetrazole rings is 1. The molecule has 0 aliphatic heterocycles. The van der Waals surface area contributed by atoms with Gasteiger partial charge in [-0.3, -0.25) is 4.79 Å². The van der Waals surface area contributed by atoms with Gasteiger partial charge in [-0.15, -0.1) is 10.2 Å². The zero-order valence-electron chi connectivity index (χ0n) is 6.12. The van der Waals surface area contributed by atoms with Crippen LogP contribution in [0.5, 0.6) is 0 Å².